The Kier molecular flexibility index (Phi) is 4.78. The van der Waals surface area contributed by atoms with Crippen LogP contribution < -0.4 is 11.1 Å². The summed E-state index contributed by atoms with van der Waals surface area (Å²) < 4.78 is 0. The number of hydrogen-bond donors (Lipinski definition) is 2. The summed E-state index contributed by atoms with van der Waals surface area (Å²) >= 11 is 0. The predicted octanol–water partition coefficient (Wildman–Crippen LogP) is 2.33. The zero-order valence-electron chi connectivity index (χ0n) is 11.8. The van der Waals surface area contributed by atoms with Gasteiger partial charge in [0.2, 0.25) is 5.91 Å². The maximum absolute atomic E-state index is 12.2. The molecule has 3 saturated carbocycles. The Labute approximate surface area is 122 Å². The van der Waals surface area contributed by atoms with Gasteiger partial charge in [0.25, 0.3) is 0 Å². The molecule has 0 spiro atoms. The normalized spacial score (nSPS) is 44.1. The lowest BCUT2D eigenvalue weighted by molar-refractivity contribution is -0.127. The van der Waals surface area contributed by atoms with Gasteiger partial charge in [0, 0.05) is 18.5 Å². The van der Waals surface area contributed by atoms with Gasteiger partial charge in [-0.15, -0.1) is 12.4 Å². The molecule has 0 aliphatic heterocycles. The number of amides is 1. The number of nitrogens with one attached hydrogen (secondary N) is 1. The second-order valence-corrected chi connectivity index (χ2v) is 6.91. The molecule has 3 nitrogen and oxygen atoms in total. The molecule has 4 atom stereocenters. The topological polar surface area (TPSA) is 55.1 Å². The van der Waals surface area contributed by atoms with Gasteiger partial charge in [-0.3, -0.25) is 4.79 Å². The third-order valence-corrected chi connectivity index (χ3v) is 5.60. The van der Waals surface area contributed by atoms with Crippen molar-refractivity contribution in [2.75, 3.05) is 6.54 Å². The van der Waals surface area contributed by atoms with Gasteiger partial charge >= 0.3 is 0 Å². The fourth-order valence-electron chi connectivity index (χ4n) is 4.06. The summed E-state index contributed by atoms with van der Waals surface area (Å²) in [5, 5.41) is 3.17. The van der Waals surface area contributed by atoms with E-state index in [1.54, 1.807) is 0 Å². The molecular weight excluding hydrogens is 260 g/mol. The number of fused-ring (bicyclic) bond motifs is 2. The minimum absolute atomic E-state index is 0. The van der Waals surface area contributed by atoms with Crippen LogP contribution >= 0.6 is 12.4 Å². The molecular formula is C15H27ClN2O. The molecule has 0 aromatic carbocycles. The molecule has 3 rings (SSSR count). The van der Waals surface area contributed by atoms with Gasteiger partial charge in [0.1, 0.15) is 0 Å². The van der Waals surface area contributed by atoms with E-state index in [2.05, 4.69) is 12.2 Å². The molecule has 4 unspecified atom stereocenters. The summed E-state index contributed by atoms with van der Waals surface area (Å²) in [5.41, 5.74) is 6.27. The third-order valence-electron chi connectivity index (χ3n) is 5.60. The van der Waals surface area contributed by atoms with Crippen molar-refractivity contribution < 1.29 is 4.79 Å². The largest absolute Gasteiger partial charge is 0.356 e. The summed E-state index contributed by atoms with van der Waals surface area (Å²) in [6.45, 7) is 3.17. The lowest BCUT2D eigenvalue weighted by Crippen LogP contribution is -2.49. The Morgan fingerprint density at radius 2 is 1.79 bits per heavy atom. The van der Waals surface area contributed by atoms with E-state index >= 15 is 0 Å². The molecule has 3 N–H and O–H groups in total. The van der Waals surface area contributed by atoms with Crippen LogP contribution in [0.1, 0.15) is 45.4 Å². The average molecular weight is 287 g/mol. The SMILES string of the molecule is CC1CC1CNC(=O)C1CC2CCCC(C1)C2N.Cl. The van der Waals surface area contributed by atoms with Gasteiger partial charge in [-0.1, -0.05) is 13.3 Å². The van der Waals surface area contributed by atoms with E-state index in [4.69, 9.17) is 5.73 Å². The highest BCUT2D eigenvalue weighted by atomic mass is 35.5. The molecule has 1 amide bonds. The van der Waals surface area contributed by atoms with Crippen molar-refractivity contribution in [3.63, 3.8) is 0 Å². The van der Waals surface area contributed by atoms with Crippen LogP contribution in [0.15, 0.2) is 0 Å². The van der Waals surface area contributed by atoms with Gasteiger partial charge in [0.05, 0.1) is 0 Å². The van der Waals surface area contributed by atoms with Crippen LogP contribution in [0, 0.1) is 29.6 Å². The first kappa shape index (κ1) is 15.1. The molecule has 0 saturated heterocycles. The maximum Gasteiger partial charge on any atom is 0.223 e. The first-order valence-corrected chi connectivity index (χ1v) is 7.68. The van der Waals surface area contributed by atoms with Crippen LogP contribution in [0.3, 0.4) is 0 Å². The van der Waals surface area contributed by atoms with Crippen molar-refractivity contribution in [3.8, 4) is 0 Å². The zero-order valence-corrected chi connectivity index (χ0v) is 12.6. The molecule has 2 bridgehead atoms. The van der Waals surface area contributed by atoms with E-state index in [9.17, 15) is 4.79 Å². The van der Waals surface area contributed by atoms with Gasteiger partial charge in [-0.2, -0.15) is 0 Å². The number of nitrogens with two attached hydrogens (primary N) is 1. The summed E-state index contributed by atoms with van der Waals surface area (Å²) in [6, 6.07) is 0.367. The van der Waals surface area contributed by atoms with Crippen molar-refractivity contribution >= 4 is 18.3 Å². The Morgan fingerprint density at radius 3 is 2.32 bits per heavy atom. The van der Waals surface area contributed by atoms with Crippen molar-refractivity contribution in [2.45, 2.75) is 51.5 Å². The Balaban J connectivity index is 0.00000133. The Morgan fingerprint density at radius 1 is 1.21 bits per heavy atom. The van der Waals surface area contributed by atoms with Gasteiger partial charge in [-0.05, 0) is 55.8 Å². The smallest absolute Gasteiger partial charge is 0.223 e. The standard InChI is InChI=1S/C15H26N2O.ClH/c1-9-5-13(9)8-17-15(18)12-6-10-3-2-4-11(7-12)14(10)16;/h9-14H,2-8,16H2,1H3,(H,17,18);1H. The van der Waals surface area contributed by atoms with Crippen molar-refractivity contribution in [1.29, 1.82) is 0 Å². The predicted molar refractivity (Wildman–Crippen MR) is 79.1 cm³/mol. The average Bonchev–Trinajstić information content (AvgIpc) is 3.02. The molecule has 110 valence electrons. The second-order valence-electron chi connectivity index (χ2n) is 6.91. The van der Waals surface area contributed by atoms with E-state index < -0.39 is 0 Å². The van der Waals surface area contributed by atoms with Crippen LogP contribution in [0.25, 0.3) is 0 Å². The molecule has 0 aromatic rings. The van der Waals surface area contributed by atoms with Crippen molar-refractivity contribution in [1.82, 2.24) is 5.32 Å². The number of halogens is 1. The molecule has 0 heterocycles. The molecule has 4 heteroatoms. The van der Waals surface area contributed by atoms with Gasteiger partial charge in [-0.25, -0.2) is 0 Å². The molecule has 19 heavy (non-hydrogen) atoms. The van der Waals surface area contributed by atoms with E-state index in [1.807, 2.05) is 0 Å². The van der Waals surface area contributed by atoms with Crippen LogP contribution in [-0.2, 0) is 4.79 Å². The van der Waals surface area contributed by atoms with E-state index in [0.717, 1.165) is 31.2 Å². The molecule has 3 aliphatic carbocycles. The number of carbonyl (C=O) groups excluding carboxylic acids is 1. The third kappa shape index (κ3) is 3.25. The van der Waals surface area contributed by atoms with Crippen LogP contribution in [0.4, 0.5) is 0 Å². The monoisotopic (exact) mass is 286 g/mol. The molecule has 3 fully saturated rings. The highest BCUT2D eigenvalue weighted by Crippen LogP contribution is 2.42. The van der Waals surface area contributed by atoms with Crippen molar-refractivity contribution in [2.24, 2.45) is 35.3 Å². The molecule has 0 aromatic heterocycles. The lowest BCUT2D eigenvalue weighted by atomic mass is 9.65. The quantitative estimate of drug-likeness (QED) is 0.837. The zero-order chi connectivity index (χ0) is 12.7. The fraction of sp³-hybridized carbons (Fsp3) is 0.933. The van der Waals surface area contributed by atoms with Crippen molar-refractivity contribution in [3.05, 3.63) is 0 Å². The van der Waals surface area contributed by atoms with Gasteiger partial charge < -0.3 is 11.1 Å². The fourth-order valence-corrected chi connectivity index (χ4v) is 4.06. The number of hydrogen-bond acceptors (Lipinski definition) is 2. The molecule has 0 radical (unpaired) electrons. The van der Waals surface area contributed by atoms with Crippen LogP contribution in [0.5, 0.6) is 0 Å². The van der Waals surface area contributed by atoms with E-state index in [1.165, 1.54) is 25.7 Å². The summed E-state index contributed by atoms with van der Waals surface area (Å²) in [5.74, 6) is 3.33. The summed E-state index contributed by atoms with van der Waals surface area (Å²) in [4.78, 5) is 12.2. The minimum Gasteiger partial charge on any atom is -0.356 e. The molecule has 3 aliphatic rings. The summed E-state index contributed by atoms with van der Waals surface area (Å²) in [7, 11) is 0. The lowest BCUT2D eigenvalue weighted by Gasteiger charge is -2.43. The Bertz CT molecular complexity index is 322. The van der Waals surface area contributed by atoms with Gasteiger partial charge in [0.15, 0.2) is 0 Å². The summed E-state index contributed by atoms with van der Waals surface area (Å²) in [6.07, 6.45) is 7.15. The minimum atomic E-state index is 0. The second kappa shape index (κ2) is 6.01. The maximum atomic E-state index is 12.2. The van der Waals surface area contributed by atoms with E-state index in [0.29, 0.717) is 23.8 Å². The highest BCUT2D eigenvalue weighted by molar-refractivity contribution is 5.85. The first-order chi connectivity index (χ1) is 8.65. The number of rotatable bonds is 3. The van der Waals surface area contributed by atoms with E-state index in [-0.39, 0.29) is 18.3 Å². The number of carbonyl (C=O) groups is 1. The van der Waals surface area contributed by atoms with Crippen LogP contribution in [0.2, 0.25) is 0 Å². The Hall–Kier alpha value is -0.280. The highest BCUT2D eigenvalue weighted by Gasteiger charge is 2.41. The first-order valence-electron chi connectivity index (χ1n) is 7.68. The van der Waals surface area contributed by atoms with Crippen LogP contribution in [-0.4, -0.2) is 18.5 Å².